The number of carbonyl (C=O) groups excluding carboxylic acids is 2. The van der Waals surface area contributed by atoms with Crippen molar-refractivity contribution in [1.29, 1.82) is 0 Å². The lowest BCUT2D eigenvalue weighted by Gasteiger charge is -2.45. The van der Waals surface area contributed by atoms with Crippen molar-refractivity contribution in [3.05, 3.63) is 29.8 Å². The molecule has 2 amide bonds. The quantitative estimate of drug-likeness (QED) is 0.842. The second-order valence-corrected chi connectivity index (χ2v) is 9.37. The van der Waals surface area contributed by atoms with Gasteiger partial charge in [0.15, 0.2) is 0 Å². The zero-order chi connectivity index (χ0) is 19.8. The van der Waals surface area contributed by atoms with Crippen molar-refractivity contribution in [2.45, 2.75) is 56.0 Å². The van der Waals surface area contributed by atoms with Gasteiger partial charge in [-0.05, 0) is 63.8 Å². The monoisotopic (exact) mass is 393 g/mol. The third-order valence-electron chi connectivity index (χ3n) is 5.63. The fourth-order valence-electron chi connectivity index (χ4n) is 4.23. The van der Waals surface area contributed by atoms with Crippen molar-refractivity contribution in [3.8, 4) is 0 Å². The Morgan fingerprint density at radius 3 is 2.26 bits per heavy atom. The smallest absolute Gasteiger partial charge is 0.251 e. The van der Waals surface area contributed by atoms with Crippen LogP contribution in [-0.4, -0.2) is 61.2 Å². The van der Waals surface area contributed by atoms with E-state index in [2.05, 4.69) is 5.32 Å². The SMILES string of the molecule is CNC(=O)c1ccc(S(=O)(=O)N2CCCC23CCCN(C(C)C)C3=O)cc1. The standard InChI is InChI=1S/C19H27N3O4S/c1-14(2)21-12-4-10-19(18(21)24)11-5-13-22(19)27(25,26)16-8-6-15(7-9-16)17(23)20-3/h6-9,14H,4-5,10-13H2,1-3H3,(H,20,23). The zero-order valence-electron chi connectivity index (χ0n) is 16.1. The van der Waals surface area contributed by atoms with E-state index in [0.29, 0.717) is 37.9 Å². The Kier molecular flexibility index (Phi) is 5.31. The molecule has 2 fully saturated rings. The van der Waals surface area contributed by atoms with Crippen LogP contribution >= 0.6 is 0 Å². The van der Waals surface area contributed by atoms with Crippen LogP contribution in [-0.2, 0) is 14.8 Å². The van der Waals surface area contributed by atoms with Gasteiger partial charge >= 0.3 is 0 Å². The molecule has 1 atom stereocenters. The average Bonchev–Trinajstić information content (AvgIpc) is 3.08. The summed E-state index contributed by atoms with van der Waals surface area (Å²) in [7, 11) is -2.30. The summed E-state index contributed by atoms with van der Waals surface area (Å²) < 4.78 is 28.1. The Morgan fingerprint density at radius 2 is 1.70 bits per heavy atom. The van der Waals surface area contributed by atoms with E-state index in [4.69, 9.17) is 0 Å². The van der Waals surface area contributed by atoms with Gasteiger partial charge in [0.1, 0.15) is 5.54 Å². The minimum atomic E-state index is -3.82. The van der Waals surface area contributed by atoms with Gasteiger partial charge < -0.3 is 10.2 Å². The highest BCUT2D eigenvalue weighted by Crippen LogP contribution is 2.42. The molecule has 2 heterocycles. The number of sulfonamides is 1. The molecular formula is C19H27N3O4S. The van der Waals surface area contributed by atoms with Gasteiger partial charge in [-0.15, -0.1) is 0 Å². The van der Waals surface area contributed by atoms with Crippen LogP contribution < -0.4 is 5.32 Å². The summed E-state index contributed by atoms with van der Waals surface area (Å²) >= 11 is 0. The van der Waals surface area contributed by atoms with Crippen molar-refractivity contribution in [1.82, 2.24) is 14.5 Å². The van der Waals surface area contributed by atoms with Crippen LogP contribution in [0.1, 0.15) is 49.9 Å². The highest BCUT2D eigenvalue weighted by atomic mass is 32.2. The lowest BCUT2D eigenvalue weighted by molar-refractivity contribution is -0.146. The van der Waals surface area contributed by atoms with Crippen LogP contribution in [0.2, 0.25) is 0 Å². The number of hydrogen-bond acceptors (Lipinski definition) is 4. The highest BCUT2D eigenvalue weighted by Gasteiger charge is 2.55. The molecule has 8 heteroatoms. The van der Waals surface area contributed by atoms with Crippen molar-refractivity contribution >= 4 is 21.8 Å². The molecular weight excluding hydrogens is 366 g/mol. The molecule has 1 aromatic carbocycles. The minimum absolute atomic E-state index is 0.0478. The van der Waals surface area contributed by atoms with Crippen LogP contribution in [0.3, 0.4) is 0 Å². The molecule has 0 saturated carbocycles. The molecule has 1 N–H and O–H groups in total. The van der Waals surface area contributed by atoms with E-state index < -0.39 is 15.6 Å². The number of carbonyl (C=O) groups is 2. The van der Waals surface area contributed by atoms with Crippen molar-refractivity contribution in [2.75, 3.05) is 20.1 Å². The molecule has 1 aromatic rings. The number of benzene rings is 1. The van der Waals surface area contributed by atoms with E-state index >= 15 is 0 Å². The number of likely N-dealkylation sites (tertiary alicyclic amines) is 1. The number of nitrogens with one attached hydrogen (secondary N) is 1. The molecule has 2 saturated heterocycles. The van der Waals surface area contributed by atoms with Gasteiger partial charge in [-0.2, -0.15) is 4.31 Å². The van der Waals surface area contributed by atoms with E-state index in [-0.39, 0.29) is 22.8 Å². The summed E-state index contributed by atoms with van der Waals surface area (Å²) in [6.45, 7) is 4.94. The van der Waals surface area contributed by atoms with Crippen LogP contribution in [0, 0.1) is 0 Å². The van der Waals surface area contributed by atoms with Crippen LogP contribution in [0.25, 0.3) is 0 Å². The summed E-state index contributed by atoms with van der Waals surface area (Å²) in [4.78, 5) is 26.8. The predicted octanol–water partition coefficient (Wildman–Crippen LogP) is 1.60. The summed E-state index contributed by atoms with van der Waals surface area (Å²) in [5, 5.41) is 2.51. The highest BCUT2D eigenvalue weighted by molar-refractivity contribution is 7.89. The van der Waals surface area contributed by atoms with Crippen LogP contribution in [0.5, 0.6) is 0 Å². The first-order valence-corrected chi connectivity index (χ1v) is 10.8. The van der Waals surface area contributed by atoms with E-state index in [1.165, 1.54) is 35.6 Å². The predicted molar refractivity (Wildman–Crippen MR) is 102 cm³/mol. The molecule has 7 nitrogen and oxygen atoms in total. The maximum Gasteiger partial charge on any atom is 0.251 e. The number of rotatable bonds is 4. The largest absolute Gasteiger partial charge is 0.355 e. The molecule has 1 unspecified atom stereocenters. The van der Waals surface area contributed by atoms with E-state index in [0.717, 1.165) is 6.42 Å². The first kappa shape index (κ1) is 19.8. The van der Waals surface area contributed by atoms with Crippen molar-refractivity contribution in [2.24, 2.45) is 0 Å². The normalized spacial score (nSPS) is 24.0. The molecule has 0 aliphatic carbocycles. The molecule has 27 heavy (non-hydrogen) atoms. The fourth-order valence-corrected chi connectivity index (χ4v) is 6.05. The summed E-state index contributed by atoms with van der Waals surface area (Å²) in [5.74, 6) is -0.349. The zero-order valence-corrected chi connectivity index (χ0v) is 16.9. The lowest BCUT2D eigenvalue weighted by atomic mass is 9.86. The molecule has 1 spiro atoms. The molecule has 3 rings (SSSR count). The summed E-state index contributed by atoms with van der Waals surface area (Å²) in [5.41, 5.74) is -0.576. The van der Waals surface area contributed by atoms with Gasteiger partial charge in [-0.1, -0.05) is 0 Å². The first-order chi connectivity index (χ1) is 12.7. The van der Waals surface area contributed by atoms with Gasteiger partial charge in [0.2, 0.25) is 15.9 Å². The second-order valence-electron chi connectivity index (χ2n) is 7.51. The molecule has 0 bridgehead atoms. The number of piperidine rings is 1. The Morgan fingerprint density at radius 1 is 1.11 bits per heavy atom. The van der Waals surface area contributed by atoms with E-state index in [9.17, 15) is 18.0 Å². The van der Waals surface area contributed by atoms with Gasteiger partial charge in [0.25, 0.3) is 5.91 Å². The molecule has 148 valence electrons. The number of nitrogens with zero attached hydrogens (tertiary/aromatic N) is 2. The van der Waals surface area contributed by atoms with Crippen molar-refractivity contribution in [3.63, 3.8) is 0 Å². The van der Waals surface area contributed by atoms with Gasteiger partial charge in [0.05, 0.1) is 4.90 Å². The molecule has 0 aromatic heterocycles. The first-order valence-electron chi connectivity index (χ1n) is 9.40. The maximum absolute atomic E-state index is 13.3. The van der Waals surface area contributed by atoms with E-state index in [1.54, 1.807) is 4.90 Å². The van der Waals surface area contributed by atoms with Crippen LogP contribution in [0.4, 0.5) is 0 Å². The number of hydrogen-bond donors (Lipinski definition) is 1. The summed E-state index contributed by atoms with van der Waals surface area (Å²) in [6.07, 6.45) is 2.59. The van der Waals surface area contributed by atoms with Gasteiger partial charge in [0, 0.05) is 31.7 Å². The Balaban J connectivity index is 1.96. The molecule has 0 radical (unpaired) electrons. The molecule has 2 aliphatic heterocycles. The number of amides is 2. The van der Waals surface area contributed by atoms with Crippen molar-refractivity contribution < 1.29 is 18.0 Å². The Hall–Kier alpha value is -1.93. The van der Waals surface area contributed by atoms with Gasteiger partial charge in [-0.25, -0.2) is 8.42 Å². The lowest BCUT2D eigenvalue weighted by Crippen LogP contribution is -2.62. The second kappa shape index (κ2) is 7.24. The van der Waals surface area contributed by atoms with E-state index in [1.807, 2.05) is 13.8 Å². The van der Waals surface area contributed by atoms with Gasteiger partial charge in [-0.3, -0.25) is 9.59 Å². The Labute approximate surface area is 160 Å². The van der Waals surface area contributed by atoms with Crippen LogP contribution in [0.15, 0.2) is 29.2 Å². The topological polar surface area (TPSA) is 86.8 Å². The Bertz CT molecular complexity index is 835. The summed E-state index contributed by atoms with van der Waals surface area (Å²) in [6, 6.07) is 5.93. The molecule has 2 aliphatic rings. The minimum Gasteiger partial charge on any atom is -0.355 e. The fraction of sp³-hybridized carbons (Fsp3) is 0.579. The average molecular weight is 394 g/mol. The maximum atomic E-state index is 13.3. The third-order valence-corrected chi connectivity index (χ3v) is 7.61. The third kappa shape index (κ3) is 3.25.